The van der Waals surface area contributed by atoms with Gasteiger partial charge in [-0.2, -0.15) is 0 Å². The monoisotopic (exact) mass is 183 g/mol. The molecule has 0 saturated heterocycles. The summed E-state index contributed by atoms with van der Waals surface area (Å²) in [5.74, 6) is 0. The van der Waals surface area contributed by atoms with Crippen molar-refractivity contribution < 1.29 is 0 Å². The molecule has 5 heteroatoms. The Morgan fingerprint density at radius 2 is 2.00 bits per heavy atom. The maximum Gasteiger partial charge on any atom is 0.146 e. The van der Waals surface area contributed by atoms with E-state index in [1.807, 2.05) is 0 Å². The van der Waals surface area contributed by atoms with Crippen LogP contribution in [0.1, 0.15) is 0 Å². The molecule has 0 aromatic heterocycles. The van der Waals surface area contributed by atoms with Crippen LogP contribution in [0, 0.1) is 16.8 Å². The molecule has 0 heterocycles. The van der Waals surface area contributed by atoms with E-state index in [0.29, 0.717) is 10.4 Å². The standard InChI is InChI=1S/C7H7N2O2S/c10-8-7(9-11)5-1-3-6(12)4-2-5/h1-4,7-9H/q-1. The third-order valence-electron chi connectivity index (χ3n) is 1.45. The minimum Gasteiger partial charge on any atom is -0.786 e. The number of allylic oxidation sites excluding steroid dienone is 2. The molecule has 1 rings (SSSR count). The summed E-state index contributed by atoms with van der Waals surface area (Å²) in [5, 5.41) is 20.4. The fourth-order valence-corrected chi connectivity index (χ4v) is 0.956. The first-order chi connectivity index (χ1) is 5.77. The van der Waals surface area contributed by atoms with Gasteiger partial charge in [0.25, 0.3) is 0 Å². The van der Waals surface area contributed by atoms with Gasteiger partial charge in [0.05, 0.1) is 30.2 Å². The largest absolute Gasteiger partial charge is 0.786 e. The molecule has 1 aliphatic rings. The molecular weight excluding hydrogens is 176 g/mol. The van der Waals surface area contributed by atoms with Crippen molar-refractivity contribution in [1.29, 1.82) is 0 Å². The number of hydrogen-bond donors (Lipinski definition) is 2. The maximum atomic E-state index is 10.2. The van der Waals surface area contributed by atoms with Crippen LogP contribution >= 0.6 is 12.2 Å². The van der Waals surface area contributed by atoms with Crippen LogP contribution in [-0.4, -0.2) is 11.0 Å². The van der Waals surface area contributed by atoms with Crippen molar-refractivity contribution in [3.63, 3.8) is 0 Å². The number of hydroxylamine groups is 2. The van der Waals surface area contributed by atoms with Crippen molar-refractivity contribution in [3.05, 3.63) is 40.6 Å². The van der Waals surface area contributed by atoms with Crippen LogP contribution in [0.5, 0.6) is 0 Å². The first kappa shape index (κ1) is 9.37. The SMILES string of the molecule is [O-]NC(N[O-])C1=C[CH+]C(=S)C=C1. The molecule has 1 aliphatic carbocycles. The Hall–Kier alpha value is -0.720. The van der Waals surface area contributed by atoms with Crippen LogP contribution in [0.3, 0.4) is 0 Å². The molecule has 2 N–H and O–H groups in total. The summed E-state index contributed by atoms with van der Waals surface area (Å²) in [5.41, 5.74) is 3.74. The Morgan fingerprint density at radius 3 is 2.42 bits per heavy atom. The van der Waals surface area contributed by atoms with Crippen molar-refractivity contribution in [2.24, 2.45) is 0 Å². The van der Waals surface area contributed by atoms with Gasteiger partial charge in [0, 0.05) is 0 Å². The summed E-state index contributed by atoms with van der Waals surface area (Å²) in [6.07, 6.45) is 5.67. The van der Waals surface area contributed by atoms with Crippen LogP contribution in [0.4, 0.5) is 0 Å². The lowest BCUT2D eigenvalue weighted by atomic mass is 10.1. The van der Waals surface area contributed by atoms with Crippen LogP contribution in [0.15, 0.2) is 23.8 Å². The molecule has 0 bridgehead atoms. The highest BCUT2D eigenvalue weighted by molar-refractivity contribution is 7.81. The van der Waals surface area contributed by atoms with Gasteiger partial charge in [-0.3, -0.25) is 0 Å². The third kappa shape index (κ3) is 2.13. The van der Waals surface area contributed by atoms with E-state index in [1.54, 1.807) is 35.6 Å². The highest BCUT2D eigenvalue weighted by Gasteiger charge is 2.14. The first-order valence-electron chi connectivity index (χ1n) is 3.30. The van der Waals surface area contributed by atoms with E-state index in [2.05, 4.69) is 0 Å². The topological polar surface area (TPSA) is 70.2 Å². The van der Waals surface area contributed by atoms with Gasteiger partial charge in [-0.05, 0) is 12.2 Å². The van der Waals surface area contributed by atoms with Gasteiger partial charge in [-0.25, -0.2) is 0 Å². The van der Waals surface area contributed by atoms with Gasteiger partial charge in [0.2, 0.25) is 0 Å². The third-order valence-corrected chi connectivity index (χ3v) is 1.72. The minimum atomic E-state index is -0.902. The van der Waals surface area contributed by atoms with Crippen LogP contribution in [-0.2, 0) is 0 Å². The molecule has 0 atom stereocenters. The molecule has 0 radical (unpaired) electrons. The van der Waals surface area contributed by atoms with E-state index in [4.69, 9.17) is 12.2 Å². The molecule has 0 amide bonds. The molecule has 0 aliphatic heterocycles. The minimum absolute atomic E-state index is 0.577. The second-order valence-electron chi connectivity index (χ2n) is 2.24. The van der Waals surface area contributed by atoms with Gasteiger partial charge >= 0.3 is 0 Å². The lowest BCUT2D eigenvalue weighted by Gasteiger charge is -2.24. The molecule has 0 saturated carbocycles. The number of hydrogen-bond acceptors (Lipinski definition) is 5. The molecule has 64 valence electrons. The normalized spacial score (nSPS) is 16.2. The summed E-state index contributed by atoms with van der Waals surface area (Å²) in [6, 6.07) is 0. The van der Waals surface area contributed by atoms with Crippen molar-refractivity contribution in [3.8, 4) is 0 Å². The zero-order chi connectivity index (χ0) is 8.97. The van der Waals surface area contributed by atoms with Crippen molar-refractivity contribution in [2.45, 2.75) is 6.17 Å². The molecule has 0 unspecified atom stereocenters. The van der Waals surface area contributed by atoms with Crippen LogP contribution in [0.2, 0.25) is 0 Å². The van der Waals surface area contributed by atoms with E-state index >= 15 is 0 Å². The van der Waals surface area contributed by atoms with Gasteiger partial charge < -0.3 is 21.4 Å². The molecule has 0 aromatic carbocycles. The van der Waals surface area contributed by atoms with Gasteiger partial charge in [-0.1, -0.05) is 0 Å². The quantitative estimate of drug-likeness (QED) is 0.289. The summed E-state index contributed by atoms with van der Waals surface area (Å²) in [7, 11) is 0. The predicted molar refractivity (Wildman–Crippen MR) is 50.9 cm³/mol. The molecule has 0 spiro atoms. The van der Waals surface area contributed by atoms with E-state index < -0.39 is 6.17 Å². The molecule has 12 heavy (non-hydrogen) atoms. The Labute approximate surface area is 75.5 Å². The van der Waals surface area contributed by atoms with Gasteiger partial charge in [0.15, 0.2) is 0 Å². The van der Waals surface area contributed by atoms with E-state index in [0.717, 1.165) is 0 Å². The van der Waals surface area contributed by atoms with Gasteiger partial charge in [-0.15, -0.1) is 0 Å². The Balaban J connectivity index is 2.64. The molecular formula is C7H7N2O2S-. The van der Waals surface area contributed by atoms with E-state index in [-0.39, 0.29) is 0 Å². The van der Waals surface area contributed by atoms with Gasteiger partial charge in [0.1, 0.15) is 11.0 Å². The average molecular weight is 183 g/mol. The average Bonchev–Trinajstić information content (AvgIpc) is 2.10. The van der Waals surface area contributed by atoms with Crippen molar-refractivity contribution in [1.82, 2.24) is 11.0 Å². The van der Waals surface area contributed by atoms with Crippen molar-refractivity contribution >= 4 is 17.1 Å². The molecule has 4 nitrogen and oxygen atoms in total. The molecule has 0 fully saturated rings. The summed E-state index contributed by atoms with van der Waals surface area (Å²) in [6.45, 7) is 0. The second-order valence-corrected chi connectivity index (χ2v) is 2.71. The highest BCUT2D eigenvalue weighted by Crippen LogP contribution is 2.09. The summed E-state index contributed by atoms with van der Waals surface area (Å²) >= 11 is 4.83. The smallest absolute Gasteiger partial charge is 0.146 e. The Morgan fingerprint density at radius 1 is 1.33 bits per heavy atom. The lowest BCUT2D eigenvalue weighted by molar-refractivity contribution is 0.620. The predicted octanol–water partition coefficient (Wildman–Crippen LogP) is 0.558. The summed E-state index contributed by atoms with van der Waals surface area (Å²) in [4.78, 5) is 0.675. The van der Waals surface area contributed by atoms with E-state index in [1.165, 1.54) is 0 Å². The fourth-order valence-electron chi connectivity index (χ4n) is 0.820. The number of thiocarbonyl (C=S) groups is 1. The number of nitrogens with one attached hydrogen (secondary N) is 2. The van der Waals surface area contributed by atoms with Crippen LogP contribution < -0.4 is 11.0 Å². The second kappa shape index (κ2) is 4.34. The Bertz CT molecular complexity index is 234. The van der Waals surface area contributed by atoms with Crippen molar-refractivity contribution in [2.75, 3.05) is 0 Å². The zero-order valence-electron chi connectivity index (χ0n) is 6.11. The Kier molecular flexibility index (Phi) is 3.39. The highest BCUT2D eigenvalue weighted by atomic mass is 32.1. The van der Waals surface area contributed by atoms with Crippen LogP contribution in [0.25, 0.3) is 0 Å². The number of rotatable bonds is 3. The van der Waals surface area contributed by atoms with E-state index in [9.17, 15) is 10.4 Å². The lowest BCUT2D eigenvalue weighted by Crippen LogP contribution is -2.37. The fraction of sp³-hybridized carbons (Fsp3) is 0.143. The summed E-state index contributed by atoms with van der Waals surface area (Å²) < 4.78 is 0. The molecule has 0 aromatic rings. The maximum absolute atomic E-state index is 10.2. The zero-order valence-corrected chi connectivity index (χ0v) is 6.93. The first-order valence-corrected chi connectivity index (χ1v) is 3.71.